The first-order valence-electron chi connectivity index (χ1n) is 6.88. The topological polar surface area (TPSA) is 45.5 Å². The summed E-state index contributed by atoms with van der Waals surface area (Å²) >= 11 is 0. The number of hydrogen-bond acceptors (Lipinski definition) is 4. The summed E-state index contributed by atoms with van der Waals surface area (Å²) < 4.78 is 5.31. The van der Waals surface area contributed by atoms with Crippen LogP contribution in [0.1, 0.15) is 24.5 Å². The fourth-order valence-corrected chi connectivity index (χ4v) is 3.52. The molecule has 3 rings (SSSR count). The van der Waals surface area contributed by atoms with E-state index in [1.165, 1.54) is 5.56 Å². The Balaban J connectivity index is 2.19. The third-order valence-corrected chi connectivity index (χ3v) is 4.50. The quantitative estimate of drug-likeness (QED) is 0.829. The van der Waals surface area contributed by atoms with Crippen LogP contribution in [-0.4, -0.2) is 18.7 Å². The lowest BCUT2D eigenvalue weighted by molar-refractivity contribution is -0.155. The van der Waals surface area contributed by atoms with E-state index >= 15 is 0 Å². The van der Waals surface area contributed by atoms with Crippen LogP contribution in [0.3, 0.4) is 0 Å². The lowest BCUT2D eigenvalue weighted by atomic mass is 9.72. The number of hydrogen-bond donors (Lipinski definition) is 0. The van der Waals surface area contributed by atoms with E-state index in [4.69, 9.17) is 9.57 Å². The molecular formula is C16H18N2O2. The van der Waals surface area contributed by atoms with Gasteiger partial charge in [-0.1, -0.05) is 19.6 Å². The van der Waals surface area contributed by atoms with Crippen molar-refractivity contribution in [1.82, 2.24) is 5.06 Å². The van der Waals surface area contributed by atoms with Gasteiger partial charge in [-0.15, -0.1) is 5.06 Å². The Morgan fingerprint density at radius 3 is 3.05 bits per heavy atom. The molecule has 4 nitrogen and oxygen atoms in total. The Kier molecular flexibility index (Phi) is 2.95. The first-order valence-corrected chi connectivity index (χ1v) is 6.88. The average molecular weight is 270 g/mol. The molecular weight excluding hydrogens is 252 g/mol. The van der Waals surface area contributed by atoms with Crippen LogP contribution in [0.25, 0.3) is 0 Å². The normalized spacial score (nSPS) is 28.2. The Morgan fingerprint density at radius 1 is 1.60 bits per heavy atom. The largest absolute Gasteiger partial charge is 0.497 e. The van der Waals surface area contributed by atoms with Gasteiger partial charge in [0.25, 0.3) is 0 Å². The summed E-state index contributed by atoms with van der Waals surface area (Å²) in [5, 5.41) is 11.5. The van der Waals surface area contributed by atoms with Gasteiger partial charge in [-0.05, 0) is 36.1 Å². The number of methoxy groups -OCH3 is 1. The monoisotopic (exact) mass is 270 g/mol. The highest BCUT2D eigenvalue weighted by molar-refractivity contribution is 5.45. The minimum atomic E-state index is -0.411. The van der Waals surface area contributed by atoms with Crippen molar-refractivity contribution >= 4 is 0 Å². The highest BCUT2D eigenvalue weighted by atomic mass is 16.7. The van der Waals surface area contributed by atoms with E-state index in [1.807, 2.05) is 11.1 Å². The number of nitriles is 1. The summed E-state index contributed by atoms with van der Waals surface area (Å²) in [6, 6.07) is 8.46. The lowest BCUT2D eigenvalue weighted by Gasteiger charge is -2.41. The molecule has 1 aromatic rings. The van der Waals surface area contributed by atoms with Crippen LogP contribution in [0.15, 0.2) is 30.5 Å². The molecule has 104 valence electrons. The maximum Gasteiger partial charge on any atom is 0.137 e. The molecule has 4 heteroatoms. The predicted octanol–water partition coefficient (Wildman–Crippen LogP) is 2.76. The van der Waals surface area contributed by atoms with Gasteiger partial charge in [0.2, 0.25) is 0 Å². The predicted molar refractivity (Wildman–Crippen MR) is 74.7 cm³/mol. The average Bonchev–Trinajstić information content (AvgIpc) is 2.78. The number of rotatable bonds is 2. The third-order valence-electron chi connectivity index (χ3n) is 4.50. The van der Waals surface area contributed by atoms with Crippen LogP contribution in [0.2, 0.25) is 0 Å². The van der Waals surface area contributed by atoms with Crippen LogP contribution in [0.4, 0.5) is 0 Å². The molecule has 0 amide bonds. The second-order valence-electron chi connectivity index (χ2n) is 5.27. The van der Waals surface area contributed by atoms with Gasteiger partial charge < -0.3 is 9.57 Å². The smallest absolute Gasteiger partial charge is 0.137 e. The molecule has 2 unspecified atom stereocenters. The van der Waals surface area contributed by atoms with Crippen LogP contribution in [-0.2, 0) is 16.8 Å². The summed E-state index contributed by atoms with van der Waals surface area (Å²) in [4.78, 5) is 5.76. The van der Waals surface area contributed by atoms with Gasteiger partial charge in [-0.3, -0.25) is 0 Å². The summed E-state index contributed by atoms with van der Waals surface area (Å²) in [6.45, 7) is 6.78. The zero-order chi connectivity index (χ0) is 14.3. The van der Waals surface area contributed by atoms with Crippen LogP contribution >= 0.6 is 0 Å². The van der Waals surface area contributed by atoms with Crippen molar-refractivity contribution < 1.29 is 9.57 Å². The van der Waals surface area contributed by atoms with E-state index in [0.29, 0.717) is 5.76 Å². The van der Waals surface area contributed by atoms with Gasteiger partial charge in [-0.2, -0.15) is 5.26 Å². The second-order valence-corrected chi connectivity index (χ2v) is 5.27. The molecule has 2 aliphatic heterocycles. The standard InChI is InChI=1S/C16H18N2O2/c1-4-16-14-6-5-13(19-3)9-12(14)7-8-18(16)20-11(2)15(16)10-17/h5-6,9,15H,2,4,7-8H2,1,3H3. The maximum absolute atomic E-state index is 9.56. The molecule has 2 heterocycles. The van der Waals surface area contributed by atoms with Gasteiger partial charge in [0.05, 0.1) is 13.2 Å². The molecule has 0 aliphatic carbocycles. The number of ether oxygens (including phenoxy) is 1. The number of fused-ring (bicyclic) bond motifs is 3. The Morgan fingerprint density at radius 2 is 2.40 bits per heavy atom. The SMILES string of the molecule is C=C1ON2CCc3cc(OC)ccc3C2(CC)C1C#N. The molecule has 0 saturated carbocycles. The number of benzene rings is 1. The molecule has 1 aromatic carbocycles. The Labute approximate surface area is 119 Å². The Bertz CT molecular complexity index is 605. The van der Waals surface area contributed by atoms with Gasteiger partial charge in [0, 0.05) is 6.54 Å². The number of nitrogens with zero attached hydrogens (tertiary/aromatic N) is 2. The Hall–Kier alpha value is -1.99. The summed E-state index contributed by atoms with van der Waals surface area (Å²) in [5.41, 5.74) is 1.99. The first kappa shape index (κ1) is 13.0. The highest BCUT2D eigenvalue weighted by Crippen LogP contribution is 2.51. The van der Waals surface area contributed by atoms with E-state index in [2.05, 4.69) is 31.7 Å². The highest BCUT2D eigenvalue weighted by Gasteiger charge is 2.56. The third kappa shape index (κ3) is 1.50. The van der Waals surface area contributed by atoms with Crippen LogP contribution in [0, 0.1) is 17.2 Å². The first-order chi connectivity index (χ1) is 9.67. The molecule has 2 aliphatic rings. The van der Waals surface area contributed by atoms with E-state index < -0.39 is 5.54 Å². The molecule has 0 radical (unpaired) electrons. The van der Waals surface area contributed by atoms with Crippen molar-refractivity contribution in [1.29, 1.82) is 5.26 Å². The molecule has 2 atom stereocenters. The molecule has 0 aromatic heterocycles. The van der Waals surface area contributed by atoms with Crippen molar-refractivity contribution in [2.45, 2.75) is 25.3 Å². The van der Waals surface area contributed by atoms with Crippen LogP contribution < -0.4 is 4.74 Å². The van der Waals surface area contributed by atoms with E-state index in [-0.39, 0.29) is 5.92 Å². The van der Waals surface area contributed by atoms with Gasteiger partial charge in [-0.25, -0.2) is 0 Å². The zero-order valence-corrected chi connectivity index (χ0v) is 11.8. The molecule has 0 bridgehead atoms. The van der Waals surface area contributed by atoms with Crippen molar-refractivity contribution in [3.63, 3.8) is 0 Å². The zero-order valence-electron chi connectivity index (χ0n) is 11.8. The van der Waals surface area contributed by atoms with E-state index in [1.54, 1.807) is 7.11 Å². The fourth-order valence-electron chi connectivity index (χ4n) is 3.52. The fraction of sp³-hybridized carbons (Fsp3) is 0.438. The molecule has 0 N–H and O–H groups in total. The summed E-state index contributed by atoms with van der Waals surface area (Å²) in [6.07, 6.45) is 1.70. The summed E-state index contributed by atoms with van der Waals surface area (Å²) in [5.74, 6) is 1.08. The van der Waals surface area contributed by atoms with Crippen molar-refractivity contribution in [3.8, 4) is 11.8 Å². The molecule has 0 spiro atoms. The second kappa shape index (κ2) is 4.53. The lowest BCUT2D eigenvalue weighted by Crippen LogP contribution is -2.48. The molecule has 1 saturated heterocycles. The van der Waals surface area contributed by atoms with Crippen molar-refractivity contribution in [3.05, 3.63) is 41.7 Å². The minimum absolute atomic E-state index is 0.333. The number of hydroxylamine groups is 2. The van der Waals surface area contributed by atoms with E-state index in [9.17, 15) is 5.26 Å². The minimum Gasteiger partial charge on any atom is -0.497 e. The van der Waals surface area contributed by atoms with Crippen LogP contribution in [0.5, 0.6) is 5.75 Å². The van der Waals surface area contributed by atoms with Crippen molar-refractivity contribution in [2.75, 3.05) is 13.7 Å². The van der Waals surface area contributed by atoms with Crippen molar-refractivity contribution in [2.24, 2.45) is 5.92 Å². The van der Waals surface area contributed by atoms with E-state index in [0.717, 1.165) is 30.7 Å². The summed E-state index contributed by atoms with van der Waals surface area (Å²) in [7, 11) is 1.67. The van der Waals surface area contributed by atoms with Gasteiger partial charge in [0.15, 0.2) is 0 Å². The van der Waals surface area contributed by atoms with Gasteiger partial charge >= 0.3 is 0 Å². The molecule has 20 heavy (non-hydrogen) atoms. The maximum atomic E-state index is 9.56. The van der Waals surface area contributed by atoms with Gasteiger partial charge in [0.1, 0.15) is 23.0 Å². The molecule has 1 fully saturated rings.